The third kappa shape index (κ3) is 7.45. The van der Waals surface area contributed by atoms with E-state index in [1.807, 2.05) is 13.0 Å². The number of rotatable bonds is 10. The molecule has 4 rings (SSSR count). The van der Waals surface area contributed by atoms with Gasteiger partial charge in [0.25, 0.3) is 5.91 Å². The maximum Gasteiger partial charge on any atom is 0.408 e. The van der Waals surface area contributed by atoms with Crippen LogP contribution < -0.4 is 15.4 Å². The van der Waals surface area contributed by atoms with Gasteiger partial charge in [-0.1, -0.05) is 60.1 Å². The van der Waals surface area contributed by atoms with Crippen LogP contribution in [0.4, 0.5) is 9.18 Å². The lowest BCUT2D eigenvalue weighted by molar-refractivity contribution is -0.136. The molecule has 1 heterocycles. The van der Waals surface area contributed by atoms with E-state index in [0.717, 1.165) is 11.6 Å². The maximum atomic E-state index is 14.5. The largest absolute Gasteiger partial charge is 0.445 e. The zero-order valence-electron chi connectivity index (χ0n) is 21.5. The molecule has 2 amide bonds. The molecule has 1 aromatic heterocycles. The van der Waals surface area contributed by atoms with E-state index in [2.05, 4.69) is 15.7 Å². The molecule has 9 nitrogen and oxygen atoms in total. The first-order chi connectivity index (χ1) is 19.3. The Hall–Kier alpha value is -4.70. The summed E-state index contributed by atoms with van der Waals surface area (Å²) in [5.74, 6) is -1.93. The van der Waals surface area contributed by atoms with Crippen LogP contribution in [0.15, 0.2) is 85.1 Å². The number of aryl methyl sites for hydroxylation is 1. The Labute approximate surface area is 234 Å². The number of esters is 1. The summed E-state index contributed by atoms with van der Waals surface area (Å²) < 4.78 is 26.7. The van der Waals surface area contributed by atoms with Gasteiger partial charge in [-0.15, -0.1) is 0 Å². The monoisotopic (exact) mass is 564 g/mol. The fourth-order valence-corrected chi connectivity index (χ4v) is 4.07. The molecule has 2 N–H and O–H groups in total. The minimum Gasteiger partial charge on any atom is -0.445 e. The number of nitrogens with zero attached hydrogens (tertiary/aromatic N) is 2. The van der Waals surface area contributed by atoms with Crippen molar-refractivity contribution in [3.8, 4) is 17.0 Å². The molecule has 0 spiro atoms. The van der Waals surface area contributed by atoms with Gasteiger partial charge >= 0.3 is 12.1 Å². The molecule has 0 bridgehead atoms. The highest BCUT2D eigenvalue weighted by Crippen LogP contribution is 2.29. The van der Waals surface area contributed by atoms with Gasteiger partial charge in [-0.3, -0.25) is 9.48 Å². The molecule has 0 aliphatic heterocycles. The van der Waals surface area contributed by atoms with Crippen molar-refractivity contribution in [2.45, 2.75) is 26.1 Å². The molecule has 0 radical (unpaired) electrons. The highest BCUT2D eigenvalue weighted by atomic mass is 35.5. The third-order valence-electron chi connectivity index (χ3n) is 5.75. The van der Waals surface area contributed by atoms with E-state index in [9.17, 15) is 18.8 Å². The van der Waals surface area contributed by atoms with Gasteiger partial charge in [-0.25, -0.2) is 14.0 Å². The highest BCUT2D eigenvalue weighted by Gasteiger charge is 2.25. The molecule has 0 unspecified atom stereocenters. The van der Waals surface area contributed by atoms with Crippen molar-refractivity contribution in [3.63, 3.8) is 0 Å². The molecule has 0 aliphatic carbocycles. The molecule has 0 saturated carbocycles. The Morgan fingerprint density at radius 1 is 1.02 bits per heavy atom. The zero-order valence-corrected chi connectivity index (χ0v) is 22.2. The van der Waals surface area contributed by atoms with Gasteiger partial charge in [0.05, 0.1) is 16.9 Å². The fourth-order valence-electron chi connectivity index (χ4n) is 3.82. The van der Waals surface area contributed by atoms with Crippen LogP contribution in [0, 0.1) is 5.82 Å². The number of carbonyl (C=O) groups excluding carboxylic acids is 3. The van der Waals surface area contributed by atoms with E-state index in [4.69, 9.17) is 21.1 Å². The molecule has 0 saturated heterocycles. The summed E-state index contributed by atoms with van der Waals surface area (Å²) in [5.41, 5.74) is 1.56. The number of carbonyl (C=O) groups is 3. The zero-order chi connectivity index (χ0) is 28.5. The Morgan fingerprint density at radius 2 is 1.73 bits per heavy atom. The van der Waals surface area contributed by atoms with Crippen LogP contribution in [0.2, 0.25) is 5.02 Å². The summed E-state index contributed by atoms with van der Waals surface area (Å²) in [4.78, 5) is 38.4. The van der Waals surface area contributed by atoms with Crippen LogP contribution in [0.25, 0.3) is 11.3 Å². The molecule has 206 valence electrons. The Bertz CT molecular complexity index is 1480. The van der Waals surface area contributed by atoms with Gasteiger partial charge in [0, 0.05) is 24.2 Å². The molecular formula is C29H26ClFN4O5. The van der Waals surface area contributed by atoms with E-state index < -0.39 is 29.8 Å². The van der Waals surface area contributed by atoms with Gasteiger partial charge in [0.1, 0.15) is 24.2 Å². The first-order valence-electron chi connectivity index (χ1n) is 12.4. The van der Waals surface area contributed by atoms with Gasteiger partial charge in [-0.05, 0) is 42.8 Å². The van der Waals surface area contributed by atoms with Gasteiger partial charge in [-0.2, -0.15) is 5.10 Å². The van der Waals surface area contributed by atoms with Crippen molar-refractivity contribution in [2.24, 2.45) is 0 Å². The first kappa shape index (κ1) is 28.3. The normalized spacial score (nSPS) is 11.4. The van der Waals surface area contributed by atoms with Crippen molar-refractivity contribution < 1.29 is 28.2 Å². The first-order valence-corrected chi connectivity index (χ1v) is 12.8. The number of benzene rings is 3. The smallest absolute Gasteiger partial charge is 0.408 e. The van der Waals surface area contributed by atoms with E-state index in [1.54, 1.807) is 59.3 Å². The molecule has 3 aromatic carbocycles. The lowest BCUT2D eigenvalue weighted by atomic mass is 10.1. The molecule has 40 heavy (non-hydrogen) atoms. The van der Waals surface area contributed by atoms with Gasteiger partial charge in [0.2, 0.25) is 0 Å². The summed E-state index contributed by atoms with van der Waals surface area (Å²) in [6.45, 7) is 1.95. The number of para-hydroxylation sites is 1. The van der Waals surface area contributed by atoms with Crippen molar-refractivity contribution in [3.05, 3.63) is 107 Å². The predicted octanol–water partition coefficient (Wildman–Crippen LogP) is 4.99. The lowest BCUT2D eigenvalue weighted by Gasteiger charge is -2.18. The van der Waals surface area contributed by atoms with Crippen LogP contribution in [-0.4, -0.2) is 40.3 Å². The van der Waals surface area contributed by atoms with Crippen molar-refractivity contribution in [2.75, 3.05) is 6.54 Å². The lowest BCUT2D eigenvalue weighted by Crippen LogP contribution is -2.50. The van der Waals surface area contributed by atoms with Crippen LogP contribution in [-0.2, 0) is 22.7 Å². The minimum absolute atomic E-state index is 0.0169. The van der Waals surface area contributed by atoms with Crippen molar-refractivity contribution in [1.29, 1.82) is 0 Å². The van der Waals surface area contributed by atoms with E-state index in [0.29, 0.717) is 22.8 Å². The second-order valence-corrected chi connectivity index (χ2v) is 9.00. The van der Waals surface area contributed by atoms with Crippen LogP contribution >= 0.6 is 11.6 Å². The Balaban J connectivity index is 1.47. The molecule has 1 atom stereocenters. The van der Waals surface area contributed by atoms with Crippen molar-refractivity contribution in [1.82, 2.24) is 20.4 Å². The highest BCUT2D eigenvalue weighted by molar-refractivity contribution is 6.33. The summed E-state index contributed by atoms with van der Waals surface area (Å²) in [6, 6.07) is 19.7. The number of nitrogens with one attached hydrogen (secondary N) is 2. The van der Waals surface area contributed by atoms with Gasteiger partial charge in [0.15, 0.2) is 0 Å². The Kier molecular flexibility index (Phi) is 9.48. The average molecular weight is 565 g/mol. The molecule has 11 heteroatoms. The summed E-state index contributed by atoms with van der Waals surface area (Å²) in [5, 5.41) is 9.44. The minimum atomic E-state index is -1.31. The predicted molar refractivity (Wildman–Crippen MR) is 146 cm³/mol. The Morgan fingerprint density at radius 3 is 2.42 bits per heavy atom. The van der Waals surface area contributed by atoms with Crippen LogP contribution in [0.1, 0.15) is 22.8 Å². The number of amides is 2. The number of hydrogen-bond acceptors (Lipinski definition) is 6. The summed E-state index contributed by atoms with van der Waals surface area (Å²) in [7, 11) is 0. The second-order valence-electron chi connectivity index (χ2n) is 8.59. The average Bonchev–Trinajstić information content (AvgIpc) is 3.35. The van der Waals surface area contributed by atoms with Crippen LogP contribution in [0.3, 0.4) is 0 Å². The summed E-state index contributed by atoms with van der Waals surface area (Å²) >= 11 is 6.25. The number of halogens is 2. The fraction of sp³-hybridized carbons (Fsp3) is 0.172. The standard InChI is InChI=1S/C29H26ClFN4O5/c1-2-35-26(24(30)16-33-35)20-13-21(15-22(31)14-20)27(36)32-17-25(28(37)40-23-11-7-4-8-12-23)34-29(38)39-18-19-9-5-3-6-10-19/h3-16,25H,2,17-18H2,1H3,(H,32,36)(H,34,38)/t25-/m1/s1. The van der Waals surface area contributed by atoms with E-state index in [-0.39, 0.29) is 24.5 Å². The number of aromatic nitrogens is 2. The number of alkyl carbamates (subject to hydrolysis) is 1. The van der Waals surface area contributed by atoms with E-state index >= 15 is 0 Å². The van der Waals surface area contributed by atoms with Crippen molar-refractivity contribution >= 4 is 29.6 Å². The topological polar surface area (TPSA) is 112 Å². The quantitative estimate of drug-likeness (QED) is 0.207. The van der Waals surface area contributed by atoms with Crippen LogP contribution in [0.5, 0.6) is 5.75 Å². The summed E-state index contributed by atoms with van der Waals surface area (Å²) in [6.07, 6.45) is 0.555. The van der Waals surface area contributed by atoms with Gasteiger partial charge < -0.3 is 20.1 Å². The molecule has 0 aliphatic rings. The molecule has 4 aromatic rings. The SMILES string of the molecule is CCn1ncc(Cl)c1-c1cc(F)cc(C(=O)NC[C@@H](NC(=O)OCc2ccccc2)C(=O)Oc2ccccc2)c1. The molecular weight excluding hydrogens is 539 g/mol. The maximum absolute atomic E-state index is 14.5. The second kappa shape index (κ2) is 13.4. The number of hydrogen-bond donors (Lipinski definition) is 2. The number of ether oxygens (including phenoxy) is 2. The third-order valence-corrected chi connectivity index (χ3v) is 6.02. The van der Waals surface area contributed by atoms with E-state index in [1.165, 1.54) is 18.3 Å². The molecule has 0 fully saturated rings.